The molecular formula is C80H155NO5. The lowest BCUT2D eigenvalue weighted by atomic mass is 10.0. The van der Waals surface area contributed by atoms with E-state index in [9.17, 15) is 19.8 Å². The van der Waals surface area contributed by atoms with Crippen LogP contribution < -0.4 is 5.32 Å². The molecular weight excluding hydrogens is 1050 g/mol. The molecule has 0 aliphatic heterocycles. The summed E-state index contributed by atoms with van der Waals surface area (Å²) in [7, 11) is 0. The average molecular weight is 1210 g/mol. The van der Waals surface area contributed by atoms with Gasteiger partial charge in [-0.15, -0.1) is 0 Å². The van der Waals surface area contributed by atoms with Crippen LogP contribution in [0.15, 0.2) is 24.3 Å². The van der Waals surface area contributed by atoms with Crippen LogP contribution in [0.1, 0.15) is 450 Å². The molecule has 0 saturated heterocycles. The molecule has 6 nitrogen and oxygen atoms in total. The number of carbonyl (C=O) groups excluding carboxylic acids is 2. The van der Waals surface area contributed by atoms with Crippen LogP contribution in [0.3, 0.4) is 0 Å². The molecule has 6 heteroatoms. The van der Waals surface area contributed by atoms with E-state index in [2.05, 4.69) is 31.3 Å². The molecule has 0 aromatic heterocycles. The third-order valence-corrected chi connectivity index (χ3v) is 18.7. The van der Waals surface area contributed by atoms with Crippen LogP contribution in [0.2, 0.25) is 0 Å². The molecule has 0 radical (unpaired) electrons. The number of aliphatic hydroxyl groups excluding tert-OH is 2. The zero-order chi connectivity index (χ0) is 62.0. The third kappa shape index (κ3) is 71.4. The third-order valence-electron chi connectivity index (χ3n) is 18.7. The zero-order valence-electron chi connectivity index (χ0n) is 58.6. The largest absolute Gasteiger partial charge is 0.466 e. The van der Waals surface area contributed by atoms with E-state index in [1.165, 1.54) is 385 Å². The van der Waals surface area contributed by atoms with Crippen molar-refractivity contribution in [1.29, 1.82) is 0 Å². The van der Waals surface area contributed by atoms with Gasteiger partial charge in [-0.3, -0.25) is 9.59 Å². The topological polar surface area (TPSA) is 95.9 Å². The monoisotopic (exact) mass is 1210 g/mol. The maximum absolute atomic E-state index is 12.5. The van der Waals surface area contributed by atoms with Gasteiger partial charge >= 0.3 is 5.97 Å². The number of esters is 1. The molecule has 0 bridgehead atoms. The molecule has 0 fully saturated rings. The molecule has 0 aromatic rings. The van der Waals surface area contributed by atoms with Gasteiger partial charge in [0.25, 0.3) is 0 Å². The summed E-state index contributed by atoms with van der Waals surface area (Å²) in [6.07, 6.45) is 97.2. The van der Waals surface area contributed by atoms with Crippen molar-refractivity contribution in [2.45, 2.75) is 463 Å². The summed E-state index contributed by atoms with van der Waals surface area (Å²) in [5, 5.41) is 23.3. The molecule has 0 aliphatic rings. The van der Waals surface area contributed by atoms with Gasteiger partial charge in [-0.1, -0.05) is 404 Å². The summed E-state index contributed by atoms with van der Waals surface area (Å²) >= 11 is 0. The van der Waals surface area contributed by atoms with Crippen molar-refractivity contribution in [1.82, 2.24) is 5.32 Å². The number of aliphatic hydroxyl groups is 2. The van der Waals surface area contributed by atoms with Crippen molar-refractivity contribution < 1.29 is 24.5 Å². The van der Waals surface area contributed by atoms with E-state index >= 15 is 0 Å². The van der Waals surface area contributed by atoms with Gasteiger partial charge in [0.05, 0.1) is 25.4 Å². The smallest absolute Gasteiger partial charge is 0.305 e. The van der Waals surface area contributed by atoms with Crippen molar-refractivity contribution in [3.05, 3.63) is 24.3 Å². The second-order valence-corrected chi connectivity index (χ2v) is 27.4. The van der Waals surface area contributed by atoms with E-state index < -0.39 is 12.1 Å². The quantitative estimate of drug-likeness (QED) is 0.0320. The maximum atomic E-state index is 12.5. The van der Waals surface area contributed by atoms with E-state index in [-0.39, 0.29) is 18.5 Å². The van der Waals surface area contributed by atoms with Gasteiger partial charge in [-0.25, -0.2) is 0 Å². The highest BCUT2D eigenvalue weighted by atomic mass is 16.5. The Balaban J connectivity index is 3.38. The minimum Gasteiger partial charge on any atom is -0.466 e. The van der Waals surface area contributed by atoms with E-state index in [0.717, 1.165) is 38.5 Å². The minimum absolute atomic E-state index is 0.0213. The van der Waals surface area contributed by atoms with Crippen LogP contribution in [0, 0.1) is 0 Å². The van der Waals surface area contributed by atoms with Gasteiger partial charge in [0, 0.05) is 12.8 Å². The number of hydrogen-bond donors (Lipinski definition) is 3. The average Bonchev–Trinajstić information content (AvgIpc) is 3.59. The normalized spacial score (nSPS) is 12.6. The van der Waals surface area contributed by atoms with Crippen LogP contribution in [0.4, 0.5) is 0 Å². The number of carbonyl (C=O) groups is 2. The number of ether oxygens (including phenoxy) is 1. The summed E-state index contributed by atoms with van der Waals surface area (Å²) in [4.78, 5) is 24.6. The number of allylic oxidation sites excluding steroid dienone is 3. The highest BCUT2D eigenvalue weighted by Crippen LogP contribution is 2.20. The second-order valence-electron chi connectivity index (χ2n) is 27.4. The molecule has 0 spiro atoms. The van der Waals surface area contributed by atoms with Crippen molar-refractivity contribution in [2.75, 3.05) is 13.2 Å². The molecule has 0 rings (SSSR count). The molecule has 2 unspecified atom stereocenters. The first-order valence-electron chi connectivity index (χ1n) is 39.6. The minimum atomic E-state index is -0.845. The van der Waals surface area contributed by atoms with Crippen molar-refractivity contribution in [3.63, 3.8) is 0 Å². The molecule has 0 aliphatic carbocycles. The highest BCUT2D eigenvalue weighted by molar-refractivity contribution is 5.76. The number of nitrogens with one attached hydrogen (secondary N) is 1. The van der Waals surface area contributed by atoms with Crippen molar-refractivity contribution in [2.24, 2.45) is 0 Å². The second kappa shape index (κ2) is 75.8. The first kappa shape index (κ1) is 84.3. The lowest BCUT2D eigenvalue weighted by molar-refractivity contribution is -0.143. The van der Waals surface area contributed by atoms with Gasteiger partial charge in [0.15, 0.2) is 0 Å². The molecule has 510 valence electrons. The Labute approximate surface area is 539 Å². The molecule has 86 heavy (non-hydrogen) atoms. The fourth-order valence-corrected chi connectivity index (χ4v) is 12.7. The first-order chi connectivity index (χ1) is 42.5. The molecule has 0 aromatic carbocycles. The van der Waals surface area contributed by atoms with Gasteiger partial charge in [-0.2, -0.15) is 0 Å². The van der Waals surface area contributed by atoms with Crippen LogP contribution in [0.5, 0.6) is 0 Å². The number of unbranched alkanes of at least 4 members (excludes halogenated alkanes) is 62. The Morgan fingerprint density at radius 3 is 0.826 bits per heavy atom. The maximum Gasteiger partial charge on any atom is 0.305 e. The van der Waals surface area contributed by atoms with E-state index in [1.807, 2.05) is 6.08 Å². The standard InChI is InChI=1S/C80H155NO5/c1-3-5-7-9-11-13-15-17-19-21-22-23-32-35-38-41-44-48-52-56-60-64-68-72-78(83)77(76-82)81-79(84)73-69-65-61-57-53-49-45-42-39-36-33-30-28-26-24-25-27-29-31-34-37-40-43-47-51-55-59-63-67-71-75-86-80(85)74-70-66-62-58-54-50-46-20-18-16-14-12-10-8-6-4-2/h25,27,68,72,77-78,82-83H,3-24,26,28-67,69-71,73-76H2,1-2H3,(H,81,84)/b27-25-,72-68+. The predicted molar refractivity (Wildman–Crippen MR) is 380 cm³/mol. The van der Waals surface area contributed by atoms with Gasteiger partial charge < -0.3 is 20.3 Å². The van der Waals surface area contributed by atoms with Crippen LogP contribution in [-0.2, 0) is 14.3 Å². The lowest BCUT2D eigenvalue weighted by Gasteiger charge is -2.20. The predicted octanol–water partition coefficient (Wildman–Crippen LogP) is 26.0. The Kier molecular flexibility index (Phi) is 74.3. The summed E-state index contributed by atoms with van der Waals surface area (Å²) < 4.78 is 5.51. The Morgan fingerprint density at radius 1 is 0.314 bits per heavy atom. The zero-order valence-corrected chi connectivity index (χ0v) is 58.6. The van der Waals surface area contributed by atoms with Crippen molar-refractivity contribution in [3.8, 4) is 0 Å². The molecule has 3 N–H and O–H groups in total. The SMILES string of the molecule is CCCCCCCCCCCCCCCCCCCCCCC/C=C/C(O)C(CO)NC(=O)CCCCCCCCCCCCCCCC/C=C\CCCCCCCCCCCCCCOC(=O)CCCCCCCCCCCCCCCCCC. The summed E-state index contributed by atoms with van der Waals surface area (Å²) in [5.41, 5.74) is 0. The summed E-state index contributed by atoms with van der Waals surface area (Å²) in [6, 6.07) is -0.628. The molecule has 2 atom stereocenters. The summed E-state index contributed by atoms with van der Waals surface area (Å²) in [6.45, 7) is 4.96. The van der Waals surface area contributed by atoms with Gasteiger partial charge in [0.1, 0.15) is 0 Å². The Bertz CT molecular complexity index is 1350. The number of rotatable bonds is 75. The van der Waals surface area contributed by atoms with Gasteiger partial charge in [-0.05, 0) is 57.8 Å². The van der Waals surface area contributed by atoms with Crippen LogP contribution in [-0.4, -0.2) is 47.4 Å². The van der Waals surface area contributed by atoms with E-state index in [1.54, 1.807) is 6.08 Å². The molecule has 0 heterocycles. The Morgan fingerprint density at radius 2 is 0.547 bits per heavy atom. The number of hydrogen-bond acceptors (Lipinski definition) is 5. The number of amides is 1. The highest BCUT2D eigenvalue weighted by Gasteiger charge is 2.18. The fraction of sp³-hybridized carbons (Fsp3) is 0.925. The van der Waals surface area contributed by atoms with Gasteiger partial charge in [0.2, 0.25) is 5.91 Å². The lowest BCUT2D eigenvalue weighted by Crippen LogP contribution is -2.45. The summed E-state index contributed by atoms with van der Waals surface area (Å²) in [5.74, 6) is -0.0400. The Hall–Kier alpha value is -1.66. The molecule has 1 amide bonds. The van der Waals surface area contributed by atoms with Crippen molar-refractivity contribution >= 4 is 11.9 Å². The van der Waals surface area contributed by atoms with E-state index in [0.29, 0.717) is 19.4 Å². The molecule has 0 saturated carbocycles. The van der Waals surface area contributed by atoms with E-state index in [4.69, 9.17) is 4.74 Å². The first-order valence-corrected chi connectivity index (χ1v) is 39.6. The van der Waals surface area contributed by atoms with Crippen LogP contribution in [0.25, 0.3) is 0 Å². The van der Waals surface area contributed by atoms with Crippen LogP contribution >= 0.6 is 0 Å². The fourth-order valence-electron chi connectivity index (χ4n) is 12.7.